The fourth-order valence-electron chi connectivity index (χ4n) is 7.39. The Balaban J connectivity index is 1.48. The largest absolute Gasteiger partial charge is 0.452 e. The average Bonchev–Trinajstić information content (AvgIpc) is 3.69. The van der Waals surface area contributed by atoms with Gasteiger partial charge in [-0.15, -0.1) is 0 Å². The average molecular weight is 603 g/mol. The molecule has 1 amide bonds. The van der Waals surface area contributed by atoms with Crippen LogP contribution < -0.4 is 10.1 Å². The van der Waals surface area contributed by atoms with Gasteiger partial charge in [0.1, 0.15) is 12.3 Å². The van der Waals surface area contributed by atoms with E-state index in [1.165, 1.54) is 26.7 Å². The summed E-state index contributed by atoms with van der Waals surface area (Å²) in [5.41, 5.74) is 0.450. The Labute approximate surface area is 252 Å². The van der Waals surface area contributed by atoms with Crippen LogP contribution in [0.4, 0.5) is 0 Å². The van der Waals surface area contributed by atoms with Crippen molar-refractivity contribution in [3.05, 3.63) is 63.6 Å². The number of rotatable bonds is 8. The molecule has 0 radical (unpaired) electrons. The molecule has 7 nitrogen and oxygen atoms in total. The maximum absolute atomic E-state index is 13.2. The lowest BCUT2D eigenvalue weighted by Crippen LogP contribution is -2.72. The van der Waals surface area contributed by atoms with Crippen molar-refractivity contribution in [3.8, 4) is 5.75 Å². The number of nitrogens with zero attached hydrogens (tertiary/aromatic N) is 1. The normalized spacial score (nSPS) is 29.2. The number of hydrogen-bond acceptors (Lipinski definition) is 5. The first-order valence-corrected chi connectivity index (χ1v) is 15.2. The van der Waals surface area contributed by atoms with Gasteiger partial charge < -0.3 is 19.3 Å². The molecule has 1 saturated heterocycles. The maximum atomic E-state index is 13.2. The van der Waals surface area contributed by atoms with Crippen LogP contribution in [-0.2, 0) is 31.0 Å². The third-order valence-electron chi connectivity index (χ3n) is 9.18. The number of likely N-dealkylation sites (tertiary alicyclic amines) is 1. The highest BCUT2D eigenvalue weighted by Gasteiger charge is 2.65. The Kier molecular flexibility index (Phi) is 8.44. The summed E-state index contributed by atoms with van der Waals surface area (Å²) in [5, 5.41) is 4.13. The molecule has 1 unspecified atom stereocenters. The number of likely N-dealkylation sites (N-methyl/N-ethyl adjacent to an activating group) is 1. The number of carbonyl (C=O) groups is 3. The number of piperidine rings is 1. The number of quaternary nitrogens is 1. The van der Waals surface area contributed by atoms with E-state index in [0.717, 1.165) is 41.0 Å². The molecule has 41 heavy (non-hydrogen) atoms. The summed E-state index contributed by atoms with van der Waals surface area (Å²) >= 11 is 12.2. The quantitative estimate of drug-likeness (QED) is 0.241. The highest BCUT2D eigenvalue weighted by atomic mass is 35.5. The van der Waals surface area contributed by atoms with Crippen molar-refractivity contribution in [1.29, 1.82) is 0 Å². The molecule has 4 atom stereocenters. The lowest BCUT2D eigenvalue weighted by Gasteiger charge is -2.60. The van der Waals surface area contributed by atoms with Crippen molar-refractivity contribution < 1.29 is 28.3 Å². The number of carbonyl (C=O) groups excluding carboxylic acids is 3. The molecule has 2 saturated carbocycles. The molecule has 0 spiro atoms. The predicted molar refractivity (Wildman–Crippen MR) is 158 cm³/mol. The molecule has 2 aromatic carbocycles. The fourth-order valence-corrected chi connectivity index (χ4v) is 7.71. The minimum absolute atomic E-state index is 0.0950. The molecule has 2 aliphatic carbocycles. The van der Waals surface area contributed by atoms with Gasteiger partial charge in [-0.05, 0) is 67.5 Å². The monoisotopic (exact) mass is 601 g/mol. The Hall–Kier alpha value is -2.61. The minimum atomic E-state index is -0.750. The number of hydrogen-bond donors (Lipinski definition) is 1. The van der Waals surface area contributed by atoms with E-state index in [-0.39, 0.29) is 30.3 Å². The molecule has 1 aliphatic heterocycles. The topological polar surface area (TPSA) is 81.7 Å². The molecule has 1 N–H and O–H groups in total. The van der Waals surface area contributed by atoms with Crippen LogP contribution in [0.2, 0.25) is 10.0 Å². The molecule has 3 fully saturated rings. The molecule has 9 heteroatoms. The van der Waals surface area contributed by atoms with Gasteiger partial charge in [-0.25, -0.2) is 0 Å². The van der Waals surface area contributed by atoms with Crippen molar-refractivity contribution >= 4 is 41.0 Å². The second-order valence-electron chi connectivity index (χ2n) is 12.6. The van der Waals surface area contributed by atoms with E-state index in [9.17, 15) is 14.4 Å². The van der Waals surface area contributed by atoms with E-state index in [4.69, 9.17) is 32.7 Å². The van der Waals surface area contributed by atoms with Crippen LogP contribution in [0.3, 0.4) is 0 Å². The zero-order valence-corrected chi connectivity index (χ0v) is 25.5. The summed E-state index contributed by atoms with van der Waals surface area (Å²) in [6.07, 6.45) is 5.42. The Morgan fingerprint density at radius 2 is 1.78 bits per heavy atom. The Morgan fingerprint density at radius 3 is 2.46 bits per heavy atom. The standard InChI is InChI=1S/C32H38Cl2N2O5/c1-21(37)40-27-6-4-5-25(17-27)31-13-14-36(3,19-23-7-8-23)20-32(31,41-22(2)38)12-11-26(18-31)35-30(39)16-24-9-10-28(33)29(34)15-24/h4-6,9-10,15,17,23,26H,7-8,11-14,16,18-20H2,1-3H3/p+1/t26-,31+,32?,36-/m1/s1. The van der Waals surface area contributed by atoms with Gasteiger partial charge in [0.15, 0.2) is 5.60 Å². The van der Waals surface area contributed by atoms with E-state index >= 15 is 0 Å². The first-order valence-electron chi connectivity index (χ1n) is 14.5. The summed E-state index contributed by atoms with van der Waals surface area (Å²) in [4.78, 5) is 37.7. The second kappa shape index (κ2) is 11.6. The minimum Gasteiger partial charge on any atom is -0.452 e. The van der Waals surface area contributed by atoms with Gasteiger partial charge in [0.25, 0.3) is 0 Å². The van der Waals surface area contributed by atoms with Gasteiger partial charge in [0.05, 0.1) is 36.6 Å². The zero-order valence-electron chi connectivity index (χ0n) is 24.0. The van der Waals surface area contributed by atoms with Gasteiger partial charge in [-0.2, -0.15) is 0 Å². The number of esters is 2. The zero-order chi connectivity index (χ0) is 29.4. The van der Waals surface area contributed by atoms with Gasteiger partial charge >= 0.3 is 11.9 Å². The number of halogens is 2. The summed E-state index contributed by atoms with van der Waals surface area (Å²) in [6, 6.07) is 12.7. The number of benzene rings is 2. The summed E-state index contributed by atoms with van der Waals surface area (Å²) in [6.45, 7) is 5.60. The molecule has 1 heterocycles. The second-order valence-corrected chi connectivity index (χ2v) is 13.4. The lowest BCUT2D eigenvalue weighted by molar-refractivity contribution is -0.924. The summed E-state index contributed by atoms with van der Waals surface area (Å²) < 4.78 is 12.8. The first-order chi connectivity index (χ1) is 19.4. The molecule has 0 aromatic heterocycles. The van der Waals surface area contributed by atoms with Crippen LogP contribution in [0.1, 0.15) is 63.5 Å². The van der Waals surface area contributed by atoms with E-state index in [0.29, 0.717) is 41.6 Å². The molecule has 220 valence electrons. The SMILES string of the molecule is CC(=O)Oc1cccc([C@@]23CC[N@+](C)(CC4CC4)CC2(OC(C)=O)CC[C@@H](NC(=O)Cc2ccc(Cl)c(Cl)c2)C3)c1. The van der Waals surface area contributed by atoms with Crippen LogP contribution in [-0.4, -0.2) is 60.7 Å². The van der Waals surface area contributed by atoms with Gasteiger partial charge in [-0.3, -0.25) is 14.4 Å². The maximum Gasteiger partial charge on any atom is 0.308 e. The molecular formula is C32H39Cl2N2O5+. The smallest absolute Gasteiger partial charge is 0.308 e. The van der Waals surface area contributed by atoms with Gasteiger partial charge in [-0.1, -0.05) is 41.4 Å². The van der Waals surface area contributed by atoms with Crippen LogP contribution >= 0.6 is 23.2 Å². The first kappa shape index (κ1) is 29.9. The number of nitrogens with one attached hydrogen (secondary N) is 1. The van der Waals surface area contributed by atoms with Crippen molar-refractivity contribution in [1.82, 2.24) is 5.32 Å². The lowest BCUT2D eigenvalue weighted by atomic mass is 9.54. The third-order valence-corrected chi connectivity index (χ3v) is 9.92. The van der Waals surface area contributed by atoms with Gasteiger partial charge in [0, 0.05) is 37.6 Å². The number of fused-ring (bicyclic) bond motifs is 1. The molecule has 0 bridgehead atoms. The molecule has 2 aromatic rings. The van der Waals surface area contributed by atoms with E-state index in [2.05, 4.69) is 12.4 Å². The van der Waals surface area contributed by atoms with Crippen molar-refractivity contribution in [2.24, 2.45) is 5.92 Å². The van der Waals surface area contributed by atoms with Gasteiger partial charge in [0.2, 0.25) is 5.91 Å². The Bertz CT molecular complexity index is 1350. The van der Waals surface area contributed by atoms with Crippen molar-refractivity contribution in [3.63, 3.8) is 0 Å². The molecular weight excluding hydrogens is 563 g/mol. The molecule has 3 aliphatic rings. The van der Waals surface area contributed by atoms with Crippen LogP contribution in [0, 0.1) is 5.92 Å². The number of ether oxygens (including phenoxy) is 2. The van der Waals surface area contributed by atoms with Crippen LogP contribution in [0.25, 0.3) is 0 Å². The summed E-state index contributed by atoms with van der Waals surface area (Å²) in [5.74, 6) is 0.410. The predicted octanol–water partition coefficient (Wildman–Crippen LogP) is 5.63. The fraction of sp³-hybridized carbons (Fsp3) is 0.531. The third kappa shape index (κ3) is 6.58. The van der Waals surface area contributed by atoms with Crippen molar-refractivity contribution in [2.45, 2.75) is 75.9 Å². The van der Waals surface area contributed by atoms with E-state index in [1.807, 2.05) is 24.3 Å². The van der Waals surface area contributed by atoms with Crippen LogP contribution in [0.5, 0.6) is 5.75 Å². The summed E-state index contributed by atoms with van der Waals surface area (Å²) in [7, 11) is 2.29. The van der Waals surface area contributed by atoms with Crippen molar-refractivity contribution in [2.75, 3.05) is 26.7 Å². The molecule has 5 rings (SSSR count). The van der Waals surface area contributed by atoms with E-state index < -0.39 is 11.0 Å². The Morgan fingerprint density at radius 1 is 1.00 bits per heavy atom. The van der Waals surface area contributed by atoms with E-state index in [1.54, 1.807) is 18.2 Å². The number of amides is 1. The highest BCUT2D eigenvalue weighted by Crippen LogP contribution is 2.55. The highest BCUT2D eigenvalue weighted by molar-refractivity contribution is 6.42. The van der Waals surface area contributed by atoms with Crippen LogP contribution in [0.15, 0.2) is 42.5 Å².